The highest BCUT2D eigenvalue weighted by Crippen LogP contribution is 2.32. The van der Waals surface area contributed by atoms with Crippen LogP contribution in [0.3, 0.4) is 0 Å². The fraction of sp³-hybridized carbons (Fsp3) is 0.444. The molecule has 1 aliphatic heterocycles. The van der Waals surface area contributed by atoms with Crippen LogP contribution >= 0.6 is 0 Å². The van der Waals surface area contributed by atoms with Gasteiger partial charge in [-0.25, -0.2) is 18.0 Å². The zero-order chi connectivity index (χ0) is 21.2. The second-order valence-electron chi connectivity index (χ2n) is 7.12. The first kappa shape index (κ1) is 20.8. The second-order valence-corrected chi connectivity index (χ2v) is 9.14. The molecule has 1 saturated carbocycles. The highest BCUT2D eigenvalue weighted by atomic mass is 32.2. The van der Waals surface area contributed by atoms with Gasteiger partial charge in [0.05, 0.1) is 10.5 Å². The minimum absolute atomic E-state index is 0.0435. The number of urea groups is 1. The molecule has 10 nitrogen and oxygen atoms in total. The second kappa shape index (κ2) is 7.82. The Morgan fingerprint density at radius 2 is 1.76 bits per heavy atom. The van der Waals surface area contributed by atoms with Crippen molar-refractivity contribution in [3.63, 3.8) is 0 Å². The summed E-state index contributed by atoms with van der Waals surface area (Å²) in [5.41, 5.74) is 1.25. The molecule has 0 aromatic heterocycles. The lowest BCUT2D eigenvalue weighted by Crippen LogP contribution is -2.51. The summed E-state index contributed by atoms with van der Waals surface area (Å²) in [7, 11) is -3.40. The number of hydrogen-bond acceptors (Lipinski definition) is 7. The Labute approximate surface area is 167 Å². The first-order valence-electron chi connectivity index (χ1n) is 9.06. The molecule has 11 heteroatoms. The summed E-state index contributed by atoms with van der Waals surface area (Å²) in [6.45, 7) is -0.712. The van der Waals surface area contributed by atoms with Crippen molar-refractivity contribution in [2.75, 3.05) is 12.9 Å². The van der Waals surface area contributed by atoms with Crippen LogP contribution < -0.4 is 10.7 Å². The highest BCUT2D eigenvalue weighted by molar-refractivity contribution is 7.90. The Bertz CT molecular complexity index is 950. The topological polar surface area (TPSA) is 139 Å². The van der Waals surface area contributed by atoms with Crippen LogP contribution in [0, 0.1) is 0 Å². The molecule has 0 radical (unpaired) electrons. The fourth-order valence-electron chi connectivity index (χ4n) is 3.43. The average Bonchev–Trinajstić information content (AvgIpc) is 2.90. The van der Waals surface area contributed by atoms with Crippen LogP contribution in [0.5, 0.6) is 0 Å². The van der Waals surface area contributed by atoms with Gasteiger partial charge in [0.2, 0.25) is 0 Å². The van der Waals surface area contributed by atoms with Crippen LogP contribution in [0.4, 0.5) is 4.79 Å². The molecule has 0 atom stereocenters. The first-order valence-corrected chi connectivity index (χ1v) is 10.9. The van der Waals surface area contributed by atoms with Crippen LogP contribution in [0.25, 0.3) is 0 Å². The molecule has 1 aromatic rings. The molecular weight excluding hydrogens is 402 g/mol. The van der Waals surface area contributed by atoms with E-state index in [0.717, 1.165) is 25.5 Å². The largest absolute Gasteiger partial charge is 0.452 e. The molecule has 1 aromatic carbocycles. The molecule has 1 aliphatic carbocycles. The van der Waals surface area contributed by atoms with Crippen molar-refractivity contribution in [3.05, 3.63) is 29.8 Å². The van der Waals surface area contributed by atoms with Gasteiger partial charge in [-0.15, -0.1) is 0 Å². The van der Waals surface area contributed by atoms with Crippen molar-refractivity contribution < 1.29 is 32.3 Å². The Balaban J connectivity index is 1.55. The van der Waals surface area contributed by atoms with E-state index < -0.39 is 45.8 Å². The number of carbonyl (C=O) groups is 4. The van der Waals surface area contributed by atoms with Gasteiger partial charge >= 0.3 is 12.0 Å². The summed E-state index contributed by atoms with van der Waals surface area (Å²) in [6, 6.07) is 4.32. The molecule has 2 aliphatic rings. The summed E-state index contributed by atoms with van der Waals surface area (Å²) in [5.74, 6) is -2.21. The standard InChI is InChI=1S/C18H21N3O7S/c1-29(26,27)13-7-5-12(6-8-13)15(23)28-11-14(22)20-21-16(24)18(19-17(21)25)9-3-2-4-10-18/h5-8H,2-4,9-11H2,1H3,(H,19,25)(H,20,22). The van der Waals surface area contributed by atoms with Crippen molar-refractivity contribution in [2.24, 2.45) is 0 Å². The van der Waals surface area contributed by atoms with Crippen LogP contribution in [-0.2, 0) is 24.2 Å². The van der Waals surface area contributed by atoms with Crippen molar-refractivity contribution in [2.45, 2.75) is 42.5 Å². The van der Waals surface area contributed by atoms with Gasteiger partial charge in [0.25, 0.3) is 11.8 Å². The number of hydrazine groups is 1. The van der Waals surface area contributed by atoms with E-state index in [1.165, 1.54) is 24.3 Å². The number of carbonyl (C=O) groups excluding carboxylic acids is 4. The Hall–Kier alpha value is -2.95. The van der Waals surface area contributed by atoms with Gasteiger partial charge in [-0.2, -0.15) is 5.01 Å². The number of imide groups is 1. The maximum Gasteiger partial charge on any atom is 0.344 e. The molecule has 2 fully saturated rings. The molecule has 1 saturated heterocycles. The maximum absolute atomic E-state index is 12.6. The van der Waals surface area contributed by atoms with Gasteiger partial charge < -0.3 is 10.1 Å². The summed E-state index contributed by atoms with van der Waals surface area (Å²) in [4.78, 5) is 48.8. The Morgan fingerprint density at radius 3 is 2.34 bits per heavy atom. The number of rotatable bonds is 5. The van der Waals surface area contributed by atoms with Crippen LogP contribution in [-0.4, -0.2) is 55.6 Å². The van der Waals surface area contributed by atoms with Gasteiger partial charge in [0.15, 0.2) is 16.4 Å². The minimum Gasteiger partial charge on any atom is -0.452 e. The summed E-state index contributed by atoms with van der Waals surface area (Å²) in [6.07, 6.45) is 4.67. The number of hydrogen-bond donors (Lipinski definition) is 2. The molecule has 29 heavy (non-hydrogen) atoms. The molecule has 4 amide bonds. The van der Waals surface area contributed by atoms with Crippen molar-refractivity contribution >= 4 is 33.7 Å². The first-order chi connectivity index (χ1) is 13.6. The zero-order valence-corrected chi connectivity index (χ0v) is 16.6. The van der Waals surface area contributed by atoms with Crippen LogP contribution in [0.1, 0.15) is 42.5 Å². The number of nitrogens with zero attached hydrogens (tertiary/aromatic N) is 1. The maximum atomic E-state index is 12.6. The van der Waals surface area contributed by atoms with Gasteiger partial charge in [0.1, 0.15) is 5.54 Å². The molecule has 0 unspecified atom stereocenters. The molecule has 156 valence electrons. The van der Waals surface area contributed by atoms with Crippen molar-refractivity contribution in [3.8, 4) is 0 Å². The minimum atomic E-state index is -3.40. The third-order valence-electron chi connectivity index (χ3n) is 4.96. The van der Waals surface area contributed by atoms with E-state index >= 15 is 0 Å². The van der Waals surface area contributed by atoms with E-state index in [1.807, 2.05) is 0 Å². The van der Waals surface area contributed by atoms with Crippen LogP contribution in [0.15, 0.2) is 29.2 Å². The van der Waals surface area contributed by atoms with E-state index in [-0.39, 0.29) is 10.5 Å². The lowest BCUT2D eigenvalue weighted by molar-refractivity contribution is -0.140. The number of nitrogens with one attached hydrogen (secondary N) is 2. The lowest BCUT2D eigenvalue weighted by atomic mass is 9.82. The van der Waals surface area contributed by atoms with Gasteiger partial charge in [0, 0.05) is 6.26 Å². The number of ether oxygens (including phenoxy) is 1. The van der Waals surface area contributed by atoms with E-state index in [1.54, 1.807) is 0 Å². The van der Waals surface area contributed by atoms with E-state index in [9.17, 15) is 27.6 Å². The molecule has 1 heterocycles. The van der Waals surface area contributed by atoms with Gasteiger partial charge in [-0.3, -0.25) is 15.0 Å². The average molecular weight is 423 g/mol. The third kappa shape index (κ3) is 4.39. The van der Waals surface area contributed by atoms with Gasteiger partial charge in [-0.05, 0) is 37.1 Å². The molecule has 3 rings (SSSR count). The number of benzene rings is 1. The Morgan fingerprint density at radius 1 is 1.14 bits per heavy atom. The smallest absolute Gasteiger partial charge is 0.344 e. The van der Waals surface area contributed by atoms with Gasteiger partial charge in [-0.1, -0.05) is 19.3 Å². The summed E-state index contributed by atoms with van der Waals surface area (Å²) >= 11 is 0. The SMILES string of the molecule is CS(=O)(=O)c1ccc(C(=O)OCC(=O)NN2C(=O)NC3(CCCCC3)C2=O)cc1. The van der Waals surface area contributed by atoms with Crippen molar-refractivity contribution in [1.82, 2.24) is 15.8 Å². The molecule has 1 spiro atoms. The monoisotopic (exact) mass is 423 g/mol. The van der Waals surface area contributed by atoms with Crippen molar-refractivity contribution in [1.29, 1.82) is 0 Å². The molecule has 2 N–H and O–H groups in total. The highest BCUT2D eigenvalue weighted by Gasteiger charge is 2.52. The Kier molecular flexibility index (Phi) is 5.60. The predicted octanol–water partition coefficient (Wildman–Crippen LogP) is 0.533. The number of esters is 1. The lowest BCUT2D eigenvalue weighted by Gasteiger charge is -2.30. The number of amides is 4. The zero-order valence-electron chi connectivity index (χ0n) is 15.8. The van der Waals surface area contributed by atoms with E-state index in [0.29, 0.717) is 17.9 Å². The normalized spacial score (nSPS) is 18.4. The van der Waals surface area contributed by atoms with Crippen LogP contribution in [0.2, 0.25) is 0 Å². The molecular formula is C18H21N3O7S. The summed E-state index contributed by atoms with van der Waals surface area (Å²) < 4.78 is 27.7. The number of sulfone groups is 1. The fourth-order valence-corrected chi connectivity index (χ4v) is 4.06. The predicted molar refractivity (Wildman–Crippen MR) is 99.2 cm³/mol. The van der Waals surface area contributed by atoms with E-state index in [4.69, 9.17) is 4.74 Å². The summed E-state index contributed by atoms with van der Waals surface area (Å²) in [5, 5.41) is 3.28. The quantitative estimate of drug-likeness (QED) is 0.520. The third-order valence-corrected chi connectivity index (χ3v) is 6.09. The van der Waals surface area contributed by atoms with E-state index in [2.05, 4.69) is 10.7 Å². The molecule has 0 bridgehead atoms.